The second-order valence-electron chi connectivity index (χ2n) is 5.42. The first-order valence-electron chi connectivity index (χ1n) is 6.82. The van der Waals surface area contributed by atoms with Crippen LogP contribution in [0.5, 0.6) is 0 Å². The maximum Gasteiger partial charge on any atom is 0.126 e. The molecule has 0 aromatic heterocycles. The summed E-state index contributed by atoms with van der Waals surface area (Å²) < 4.78 is 26.0. The van der Waals surface area contributed by atoms with Gasteiger partial charge in [0.2, 0.25) is 0 Å². The summed E-state index contributed by atoms with van der Waals surface area (Å²) in [6, 6.07) is 4.22. The first-order valence-corrected chi connectivity index (χ1v) is 6.82. The minimum Gasteiger partial charge on any atom is -0.314 e. The average molecular weight is 253 g/mol. The van der Waals surface area contributed by atoms with Gasteiger partial charge in [-0.25, -0.2) is 8.78 Å². The average Bonchev–Trinajstić information content (AvgIpc) is 2.22. The molecule has 0 saturated heterocycles. The van der Waals surface area contributed by atoms with E-state index in [0.717, 1.165) is 24.1 Å². The second kappa shape index (κ2) is 6.28. The summed E-state index contributed by atoms with van der Waals surface area (Å²) in [6.07, 6.45) is 5.99. The molecule has 1 nitrogen and oxygen atoms in total. The van der Waals surface area contributed by atoms with Gasteiger partial charge in [0.05, 0.1) is 0 Å². The van der Waals surface area contributed by atoms with Gasteiger partial charge in [0.25, 0.3) is 0 Å². The van der Waals surface area contributed by atoms with Gasteiger partial charge in [-0.15, -0.1) is 0 Å². The Morgan fingerprint density at radius 1 is 1.22 bits per heavy atom. The lowest BCUT2D eigenvalue weighted by molar-refractivity contribution is 0.266. The van der Waals surface area contributed by atoms with Crippen molar-refractivity contribution in [1.29, 1.82) is 0 Å². The summed E-state index contributed by atoms with van der Waals surface area (Å²) in [6.45, 7) is 2.96. The Labute approximate surface area is 108 Å². The van der Waals surface area contributed by atoms with E-state index in [1.807, 2.05) is 0 Å². The van der Waals surface area contributed by atoms with Gasteiger partial charge in [-0.1, -0.05) is 19.3 Å². The van der Waals surface area contributed by atoms with Crippen molar-refractivity contribution in [2.45, 2.75) is 45.1 Å². The van der Waals surface area contributed by atoms with Crippen LogP contribution in [0.3, 0.4) is 0 Å². The molecule has 0 aliphatic heterocycles. The Morgan fingerprint density at radius 3 is 2.44 bits per heavy atom. The lowest BCUT2D eigenvalue weighted by atomic mass is 9.81. The molecule has 1 aromatic rings. The summed E-state index contributed by atoms with van der Waals surface area (Å²) in [5.41, 5.74) is 0.718. The van der Waals surface area contributed by atoms with Crippen LogP contribution in [0, 0.1) is 17.6 Å². The highest BCUT2D eigenvalue weighted by molar-refractivity contribution is 5.18. The molecule has 0 radical (unpaired) electrons. The summed E-state index contributed by atoms with van der Waals surface area (Å²) in [7, 11) is 0. The zero-order valence-electron chi connectivity index (χ0n) is 10.9. The van der Waals surface area contributed by atoms with Crippen LogP contribution in [-0.2, 0) is 6.42 Å². The van der Waals surface area contributed by atoms with Gasteiger partial charge in [-0.3, -0.25) is 0 Å². The van der Waals surface area contributed by atoms with Crippen molar-refractivity contribution in [3.05, 3.63) is 35.4 Å². The Balaban J connectivity index is 1.70. The van der Waals surface area contributed by atoms with Crippen LogP contribution in [0.4, 0.5) is 8.78 Å². The van der Waals surface area contributed by atoms with Gasteiger partial charge < -0.3 is 5.32 Å². The van der Waals surface area contributed by atoms with E-state index in [0.29, 0.717) is 12.5 Å². The monoisotopic (exact) mass is 253 g/mol. The molecule has 0 heterocycles. The van der Waals surface area contributed by atoms with Gasteiger partial charge in [0, 0.05) is 12.1 Å². The molecule has 0 bridgehead atoms. The third-order valence-corrected chi connectivity index (χ3v) is 3.74. The summed E-state index contributed by atoms with van der Waals surface area (Å²) >= 11 is 0. The Kier molecular flexibility index (Phi) is 4.70. The quantitative estimate of drug-likeness (QED) is 0.815. The number of nitrogens with one attached hydrogen (secondary N) is 1. The highest BCUT2D eigenvalue weighted by Gasteiger charge is 2.19. The van der Waals surface area contributed by atoms with Gasteiger partial charge >= 0.3 is 0 Å². The van der Waals surface area contributed by atoms with Gasteiger partial charge in [0.1, 0.15) is 11.6 Å². The van der Waals surface area contributed by atoms with Crippen molar-refractivity contribution >= 4 is 0 Å². The summed E-state index contributed by atoms with van der Waals surface area (Å²) in [5, 5.41) is 3.42. The molecule has 1 atom stereocenters. The Morgan fingerprint density at radius 2 is 1.89 bits per heavy atom. The molecule has 0 amide bonds. The largest absolute Gasteiger partial charge is 0.314 e. The topological polar surface area (TPSA) is 12.0 Å². The third-order valence-electron chi connectivity index (χ3n) is 3.74. The molecule has 1 saturated carbocycles. The molecule has 1 N–H and O–H groups in total. The van der Waals surface area contributed by atoms with Gasteiger partial charge in [-0.05, 0) is 49.9 Å². The molecule has 1 unspecified atom stereocenters. The lowest BCUT2D eigenvalue weighted by Gasteiger charge is -2.28. The smallest absolute Gasteiger partial charge is 0.126 e. The molecule has 1 aliphatic rings. The summed E-state index contributed by atoms with van der Waals surface area (Å²) in [4.78, 5) is 0. The highest BCUT2D eigenvalue weighted by atomic mass is 19.1. The molecule has 1 aliphatic carbocycles. The standard InChI is InChI=1S/C15H21F2N/c1-11(7-12-3-2-4-12)18-6-5-13-8-14(16)10-15(17)9-13/h8-12,18H,2-7H2,1H3. The highest BCUT2D eigenvalue weighted by Crippen LogP contribution is 2.30. The molecule has 3 heteroatoms. The second-order valence-corrected chi connectivity index (χ2v) is 5.42. The Hall–Kier alpha value is -0.960. The van der Waals surface area contributed by atoms with Crippen molar-refractivity contribution in [2.24, 2.45) is 5.92 Å². The lowest BCUT2D eigenvalue weighted by Crippen LogP contribution is -2.31. The number of halogens is 2. The molecule has 1 fully saturated rings. The fourth-order valence-corrected chi connectivity index (χ4v) is 2.53. The Bertz CT molecular complexity index is 368. The van der Waals surface area contributed by atoms with Crippen LogP contribution in [0.2, 0.25) is 0 Å². The maximum absolute atomic E-state index is 13.0. The number of hydrogen-bond acceptors (Lipinski definition) is 1. The van der Waals surface area contributed by atoms with E-state index in [1.165, 1.54) is 37.8 Å². The SMILES string of the molecule is CC(CC1CCC1)NCCc1cc(F)cc(F)c1. The van der Waals surface area contributed by atoms with Crippen molar-refractivity contribution in [3.63, 3.8) is 0 Å². The van der Waals surface area contributed by atoms with Crippen molar-refractivity contribution in [2.75, 3.05) is 6.54 Å². The van der Waals surface area contributed by atoms with E-state index in [-0.39, 0.29) is 0 Å². The number of benzene rings is 1. The van der Waals surface area contributed by atoms with Crippen molar-refractivity contribution in [1.82, 2.24) is 5.32 Å². The van der Waals surface area contributed by atoms with Crippen LogP contribution in [0.15, 0.2) is 18.2 Å². The maximum atomic E-state index is 13.0. The predicted octanol–water partition coefficient (Wildman–Crippen LogP) is 3.68. The first-order chi connectivity index (χ1) is 8.63. The minimum atomic E-state index is -0.493. The van der Waals surface area contributed by atoms with E-state index in [4.69, 9.17) is 0 Å². The van der Waals surface area contributed by atoms with Crippen molar-refractivity contribution in [3.8, 4) is 0 Å². The van der Waals surface area contributed by atoms with Gasteiger partial charge in [-0.2, -0.15) is 0 Å². The first kappa shape index (κ1) is 13.5. The van der Waals surface area contributed by atoms with E-state index >= 15 is 0 Å². The van der Waals surface area contributed by atoms with Crippen LogP contribution >= 0.6 is 0 Å². The van der Waals surface area contributed by atoms with E-state index in [9.17, 15) is 8.78 Å². The van der Waals surface area contributed by atoms with Crippen LogP contribution in [0.25, 0.3) is 0 Å². The van der Waals surface area contributed by atoms with E-state index in [1.54, 1.807) is 0 Å². The van der Waals surface area contributed by atoms with E-state index in [2.05, 4.69) is 12.2 Å². The third kappa shape index (κ3) is 4.05. The van der Waals surface area contributed by atoms with E-state index < -0.39 is 11.6 Å². The minimum absolute atomic E-state index is 0.493. The molecule has 2 rings (SSSR count). The van der Waals surface area contributed by atoms with Gasteiger partial charge in [0.15, 0.2) is 0 Å². The molecular weight excluding hydrogens is 232 g/mol. The predicted molar refractivity (Wildman–Crippen MR) is 69.5 cm³/mol. The van der Waals surface area contributed by atoms with Crippen molar-refractivity contribution < 1.29 is 8.78 Å². The normalized spacial score (nSPS) is 17.5. The fourth-order valence-electron chi connectivity index (χ4n) is 2.53. The number of hydrogen-bond donors (Lipinski definition) is 1. The molecule has 18 heavy (non-hydrogen) atoms. The zero-order chi connectivity index (χ0) is 13.0. The molecule has 100 valence electrons. The number of rotatable bonds is 6. The van der Waals surface area contributed by atoms with Crippen LogP contribution in [-0.4, -0.2) is 12.6 Å². The zero-order valence-corrected chi connectivity index (χ0v) is 10.9. The summed E-state index contributed by atoms with van der Waals surface area (Å²) in [5.74, 6) is -0.0980. The van der Waals surface area contributed by atoms with Crippen LogP contribution in [0.1, 0.15) is 38.2 Å². The fraction of sp³-hybridized carbons (Fsp3) is 0.600. The molecule has 1 aromatic carbocycles. The molecular formula is C15H21F2N. The van der Waals surface area contributed by atoms with Crippen LogP contribution < -0.4 is 5.32 Å². The molecule has 0 spiro atoms.